The van der Waals surface area contributed by atoms with Crippen LogP contribution in [0.3, 0.4) is 0 Å². The van der Waals surface area contributed by atoms with Gasteiger partial charge in [-0.25, -0.2) is 0 Å². The van der Waals surface area contributed by atoms with E-state index in [4.69, 9.17) is 16.8 Å². The van der Waals surface area contributed by atoms with Crippen LogP contribution in [0.4, 0.5) is 0 Å². The highest BCUT2D eigenvalue weighted by molar-refractivity contribution is 6.16. The van der Waals surface area contributed by atoms with Crippen LogP contribution in [0.25, 0.3) is 76.9 Å². The van der Waals surface area contributed by atoms with Crippen molar-refractivity contribution in [3.8, 4) is 33.4 Å². The van der Waals surface area contributed by atoms with Gasteiger partial charge < -0.3 is 4.42 Å². The Hall–Kier alpha value is -5.92. The Morgan fingerprint density at radius 3 is 1.85 bits per heavy atom. The van der Waals surface area contributed by atoms with Crippen molar-refractivity contribution < 1.29 is 22.2 Å². The molecule has 0 bridgehead atoms. The summed E-state index contributed by atoms with van der Waals surface area (Å²) in [5.41, 5.74) is 5.22. The van der Waals surface area contributed by atoms with Crippen LogP contribution in [0.5, 0.6) is 0 Å². The molecule has 8 aromatic carbocycles. The average molecular weight is 600 g/mol. The third-order valence-corrected chi connectivity index (χ3v) is 8.45. The van der Waals surface area contributed by atoms with Crippen molar-refractivity contribution in [2.75, 3.05) is 0 Å². The molecule has 0 aliphatic heterocycles. The van der Waals surface area contributed by atoms with Crippen LogP contribution in [-0.2, 0) is 6.42 Å². The number of benzene rings is 8. The van der Waals surface area contributed by atoms with Gasteiger partial charge in [-0.3, -0.25) is 0 Å². The largest absolute Gasteiger partial charge is 0.456 e. The highest BCUT2D eigenvalue weighted by Crippen LogP contribution is 2.42. The smallest absolute Gasteiger partial charge is 0.136 e. The van der Waals surface area contributed by atoms with E-state index in [-0.39, 0.29) is 38.2 Å². The van der Waals surface area contributed by atoms with E-state index < -0.39 is 85.0 Å². The second kappa shape index (κ2) is 10.9. The van der Waals surface area contributed by atoms with Gasteiger partial charge in [0.2, 0.25) is 0 Å². The second-order valence-corrected chi connectivity index (χ2v) is 11.1. The molecule has 0 aliphatic carbocycles. The highest BCUT2D eigenvalue weighted by Gasteiger charge is 2.17. The van der Waals surface area contributed by atoms with Crippen molar-refractivity contribution in [1.29, 1.82) is 0 Å². The van der Waals surface area contributed by atoms with Gasteiger partial charge in [0.25, 0.3) is 0 Å². The highest BCUT2D eigenvalue weighted by atomic mass is 16.3. The van der Waals surface area contributed by atoms with E-state index in [1.165, 1.54) is 0 Å². The van der Waals surface area contributed by atoms with E-state index in [0.29, 0.717) is 16.7 Å². The minimum atomic E-state index is -0.617. The summed E-state index contributed by atoms with van der Waals surface area (Å²) in [4.78, 5) is 0. The first-order valence-corrected chi connectivity index (χ1v) is 14.8. The summed E-state index contributed by atoms with van der Waals surface area (Å²) in [6.07, 6.45) is -0.489. The molecule has 46 heavy (non-hydrogen) atoms. The van der Waals surface area contributed by atoms with Crippen LogP contribution in [-0.4, -0.2) is 0 Å². The number of furan rings is 1. The Morgan fingerprint density at radius 1 is 0.457 bits per heavy atom. The monoisotopic (exact) mass is 599 g/mol. The fraction of sp³-hybridized carbons (Fsp3) is 0.0222. The summed E-state index contributed by atoms with van der Waals surface area (Å²) in [6.45, 7) is 0. The summed E-state index contributed by atoms with van der Waals surface area (Å²) < 4.78 is 120. The molecule has 0 amide bonds. The van der Waals surface area contributed by atoms with Crippen molar-refractivity contribution in [3.63, 3.8) is 0 Å². The third-order valence-electron chi connectivity index (χ3n) is 8.45. The molecule has 9 aromatic rings. The van der Waals surface area contributed by atoms with Gasteiger partial charge in [-0.15, -0.1) is 0 Å². The Morgan fingerprint density at radius 2 is 1.09 bits per heavy atom. The lowest BCUT2D eigenvalue weighted by molar-refractivity contribution is 0.669. The minimum absolute atomic E-state index is 0.0161. The Bertz CT molecular complexity index is 3170. The van der Waals surface area contributed by atoms with Crippen molar-refractivity contribution in [2.24, 2.45) is 0 Å². The lowest BCUT2D eigenvalue weighted by atomic mass is 9.86. The molecule has 0 saturated carbocycles. The fourth-order valence-corrected chi connectivity index (χ4v) is 6.43. The van der Waals surface area contributed by atoms with E-state index in [0.717, 1.165) is 33.0 Å². The van der Waals surface area contributed by atoms with Gasteiger partial charge >= 0.3 is 0 Å². The predicted octanol–water partition coefficient (Wildman–Crippen LogP) is 12.5. The summed E-state index contributed by atoms with van der Waals surface area (Å²) >= 11 is 0. The number of rotatable bonds is 5. The van der Waals surface area contributed by atoms with Crippen LogP contribution in [0.2, 0.25) is 0 Å². The molecule has 216 valence electrons. The van der Waals surface area contributed by atoms with E-state index in [2.05, 4.69) is 6.07 Å². The molecule has 0 unspecified atom stereocenters. The number of fused-ring (bicyclic) bond motifs is 5. The Balaban J connectivity index is 1.34. The molecular formula is C45H30O. The molecule has 0 saturated heterocycles. The zero-order valence-electron chi connectivity index (χ0n) is 37.3. The molecule has 1 heterocycles. The minimum Gasteiger partial charge on any atom is -0.456 e. The van der Waals surface area contributed by atoms with E-state index in [1.54, 1.807) is 18.2 Å². The molecule has 0 fully saturated rings. The molecule has 9 rings (SSSR count). The van der Waals surface area contributed by atoms with E-state index in [9.17, 15) is 5.48 Å². The van der Waals surface area contributed by atoms with Gasteiger partial charge in [-0.1, -0.05) is 145 Å². The zero-order valence-corrected chi connectivity index (χ0v) is 24.3. The van der Waals surface area contributed by atoms with Crippen molar-refractivity contribution in [2.45, 2.75) is 6.42 Å². The number of hydrogen-bond acceptors (Lipinski definition) is 1. The predicted molar refractivity (Wildman–Crippen MR) is 194 cm³/mol. The zero-order chi connectivity index (χ0) is 41.8. The van der Waals surface area contributed by atoms with Gasteiger partial charge in [0.1, 0.15) is 11.2 Å². The first-order valence-electron chi connectivity index (χ1n) is 21.3. The van der Waals surface area contributed by atoms with Crippen LogP contribution >= 0.6 is 0 Å². The summed E-state index contributed by atoms with van der Waals surface area (Å²) in [7, 11) is 0. The van der Waals surface area contributed by atoms with Gasteiger partial charge in [0.05, 0.1) is 17.8 Å². The van der Waals surface area contributed by atoms with Crippen LogP contribution in [0, 0.1) is 0 Å². The summed E-state index contributed by atoms with van der Waals surface area (Å²) in [5.74, 6) is 0. The fourth-order valence-electron chi connectivity index (χ4n) is 6.43. The first kappa shape index (κ1) is 16.4. The molecule has 0 N–H and O–H groups in total. The second-order valence-electron chi connectivity index (χ2n) is 11.1. The van der Waals surface area contributed by atoms with Crippen LogP contribution in [0.1, 0.15) is 28.9 Å². The standard InChI is InChI=1S/C45H30O/c1-3-13-30(14-4-1)27-41-36-19-7-9-21-38(36)44(39-22-10-8-20-37(39)41)34-18-11-17-32(28-34)33-25-26-40-43(29-33)46-42-24-12-23-35(45(40)42)31-15-5-2-6-16-31/h1-26,28-29H,27H2/i1D,3D,4D,7D,8D,9D,10D,13D,14D,19D,20D,21D,22D. The van der Waals surface area contributed by atoms with Crippen LogP contribution < -0.4 is 0 Å². The average Bonchev–Trinajstić information content (AvgIpc) is 3.64. The lowest BCUT2D eigenvalue weighted by Gasteiger charge is -2.18. The lowest BCUT2D eigenvalue weighted by Crippen LogP contribution is -1.95. The molecule has 0 atom stereocenters. The molecule has 0 aliphatic rings. The first-order chi connectivity index (χ1) is 28.2. The van der Waals surface area contributed by atoms with Crippen molar-refractivity contribution in [3.05, 3.63) is 181 Å². The molecule has 1 heteroatoms. The van der Waals surface area contributed by atoms with E-state index in [1.807, 2.05) is 66.7 Å². The molecule has 0 radical (unpaired) electrons. The maximum Gasteiger partial charge on any atom is 0.136 e. The number of hydrogen-bond donors (Lipinski definition) is 0. The van der Waals surface area contributed by atoms with Gasteiger partial charge in [0, 0.05) is 10.8 Å². The topological polar surface area (TPSA) is 13.1 Å². The third kappa shape index (κ3) is 4.40. The summed E-state index contributed by atoms with van der Waals surface area (Å²) in [5, 5.41) is 1.65. The molecular weight excluding hydrogens is 556 g/mol. The van der Waals surface area contributed by atoms with Gasteiger partial charge in [0.15, 0.2) is 0 Å². The van der Waals surface area contributed by atoms with Gasteiger partial charge in [-0.05, 0) is 96.7 Å². The quantitative estimate of drug-likeness (QED) is 0.179. The van der Waals surface area contributed by atoms with E-state index >= 15 is 0 Å². The van der Waals surface area contributed by atoms with Gasteiger partial charge in [-0.2, -0.15) is 0 Å². The van der Waals surface area contributed by atoms with Crippen molar-refractivity contribution >= 4 is 43.5 Å². The summed E-state index contributed by atoms with van der Waals surface area (Å²) in [6, 6.07) is 21.8. The molecule has 0 spiro atoms. The SMILES string of the molecule is [2H]c1c([2H])c([2H])c(Cc2c3c([2H])c([2H])c([2H])c([2H])c3c(-c3cccc(-c4ccc5c(c4)oc4cccc(-c6ccccc6)c45)c3)c3c([2H])c([2H])c([2H])c([2H])c23)c([2H])c1[2H]. The maximum absolute atomic E-state index is 9.25. The van der Waals surface area contributed by atoms with Crippen molar-refractivity contribution in [1.82, 2.24) is 0 Å². The Labute approximate surface area is 286 Å². The Kier molecular flexibility index (Phi) is 3.89. The maximum atomic E-state index is 9.25. The van der Waals surface area contributed by atoms with Crippen LogP contribution in [0.15, 0.2) is 174 Å². The normalized spacial score (nSPS) is 15.5. The molecule has 1 aromatic heterocycles. The molecule has 1 nitrogen and oxygen atoms in total.